The van der Waals surface area contributed by atoms with E-state index in [9.17, 15) is 9.59 Å². The molecule has 0 aliphatic heterocycles. The summed E-state index contributed by atoms with van der Waals surface area (Å²) < 4.78 is 5.33. The van der Waals surface area contributed by atoms with E-state index in [2.05, 4.69) is 15.6 Å². The molecular formula is C18H17N3O3S2. The Morgan fingerprint density at radius 3 is 2.81 bits per heavy atom. The second-order valence-electron chi connectivity index (χ2n) is 5.30. The van der Waals surface area contributed by atoms with Crippen LogP contribution in [0.3, 0.4) is 0 Å². The Labute approximate surface area is 158 Å². The summed E-state index contributed by atoms with van der Waals surface area (Å²) in [5.41, 5.74) is 2.22. The van der Waals surface area contributed by atoms with E-state index in [1.165, 1.54) is 22.7 Å². The van der Waals surface area contributed by atoms with Crippen LogP contribution in [0.1, 0.15) is 16.8 Å². The number of hydrogen-bond donors (Lipinski definition) is 2. The highest BCUT2D eigenvalue weighted by Gasteiger charge is 2.12. The van der Waals surface area contributed by atoms with Crippen LogP contribution in [-0.2, 0) is 4.79 Å². The van der Waals surface area contributed by atoms with Gasteiger partial charge in [-0.05, 0) is 23.6 Å². The summed E-state index contributed by atoms with van der Waals surface area (Å²) in [7, 11) is 1.61. The molecule has 6 nitrogen and oxygen atoms in total. The van der Waals surface area contributed by atoms with Crippen LogP contribution in [0.4, 0.5) is 5.13 Å². The minimum absolute atomic E-state index is 0.174. The van der Waals surface area contributed by atoms with E-state index in [0.29, 0.717) is 10.7 Å². The molecule has 3 aromatic rings. The van der Waals surface area contributed by atoms with Crippen LogP contribution in [0.15, 0.2) is 46.5 Å². The number of thiazole rings is 1. The molecule has 1 aromatic carbocycles. The second kappa shape index (κ2) is 8.59. The van der Waals surface area contributed by atoms with Crippen LogP contribution < -0.4 is 15.4 Å². The smallest absolute Gasteiger partial charge is 0.252 e. The monoisotopic (exact) mass is 387 g/mol. The zero-order valence-electron chi connectivity index (χ0n) is 14.0. The van der Waals surface area contributed by atoms with Gasteiger partial charge in [-0.1, -0.05) is 12.1 Å². The predicted octanol–water partition coefficient (Wildman–Crippen LogP) is 3.64. The van der Waals surface area contributed by atoms with Gasteiger partial charge in [0.1, 0.15) is 5.75 Å². The molecule has 0 radical (unpaired) electrons. The molecule has 0 unspecified atom stereocenters. The first-order valence-electron chi connectivity index (χ1n) is 7.86. The van der Waals surface area contributed by atoms with Gasteiger partial charge < -0.3 is 15.4 Å². The molecule has 8 heteroatoms. The van der Waals surface area contributed by atoms with Crippen LogP contribution >= 0.6 is 22.7 Å². The van der Waals surface area contributed by atoms with Gasteiger partial charge >= 0.3 is 0 Å². The van der Waals surface area contributed by atoms with E-state index < -0.39 is 0 Å². The summed E-state index contributed by atoms with van der Waals surface area (Å²) in [5, 5.41) is 11.5. The summed E-state index contributed by atoms with van der Waals surface area (Å²) in [5.74, 6) is 0.357. The SMILES string of the molecule is COc1ccccc1-c1csc(NC(=O)CCNC(=O)c2ccsc2)n1. The number of nitrogens with zero attached hydrogens (tertiary/aromatic N) is 1. The van der Waals surface area contributed by atoms with Gasteiger partial charge in [0, 0.05) is 34.9 Å². The van der Waals surface area contributed by atoms with Crippen molar-refractivity contribution in [2.75, 3.05) is 19.0 Å². The lowest BCUT2D eigenvalue weighted by Gasteiger charge is -2.05. The van der Waals surface area contributed by atoms with Gasteiger partial charge in [0.05, 0.1) is 12.8 Å². The number of benzene rings is 1. The first-order chi connectivity index (χ1) is 12.7. The molecule has 134 valence electrons. The van der Waals surface area contributed by atoms with Crippen molar-refractivity contribution >= 4 is 39.6 Å². The number of ether oxygens (including phenoxy) is 1. The molecule has 0 atom stereocenters. The highest BCUT2D eigenvalue weighted by atomic mass is 32.1. The number of para-hydroxylation sites is 1. The summed E-state index contributed by atoms with van der Waals surface area (Å²) in [6.07, 6.45) is 0.180. The molecule has 2 amide bonds. The van der Waals surface area contributed by atoms with Gasteiger partial charge in [-0.2, -0.15) is 11.3 Å². The summed E-state index contributed by atoms with van der Waals surface area (Å²) >= 11 is 2.80. The molecule has 0 saturated heterocycles. The molecule has 0 aliphatic rings. The van der Waals surface area contributed by atoms with Crippen molar-refractivity contribution in [1.82, 2.24) is 10.3 Å². The number of thiophene rings is 1. The largest absolute Gasteiger partial charge is 0.496 e. The third-order valence-corrected chi connectivity index (χ3v) is 5.00. The number of anilines is 1. The Balaban J connectivity index is 1.52. The molecule has 2 N–H and O–H groups in total. The van der Waals surface area contributed by atoms with Gasteiger partial charge in [0.25, 0.3) is 5.91 Å². The van der Waals surface area contributed by atoms with Crippen LogP contribution in [0.2, 0.25) is 0 Å². The van der Waals surface area contributed by atoms with Gasteiger partial charge in [-0.25, -0.2) is 4.98 Å². The van der Waals surface area contributed by atoms with E-state index in [1.807, 2.05) is 35.0 Å². The molecular weight excluding hydrogens is 370 g/mol. The van der Waals surface area contributed by atoms with E-state index >= 15 is 0 Å². The number of carbonyl (C=O) groups excluding carboxylic acids is 2. The molecule has 0 fully saturated rings. The third-order valence-electron chi connectivity index (χ3n) is 3.55. The van der Waals surface area contributed by atoms with Crippen molar-refractivity contribution in [3.8, 4) is 17.0 Å². The van der Waals surface area contributed by atoms with Crippen LogP contribution in [-0.4, -0.2) is 30.5 Å². The Morgan fingerprint density at radius 2 is 2.04 bits per heavy atom. The van der Waals surface area contributed by atoms with Crippen LogP contribution in [0.5, 0.6) is 5.75 Å². The first-order valence-corrected chi connectivity index (χ1v) is 9.69. The van der Waals surface area contributed by atoms with Crippen molar-refractivity contribution in [2.24, 2.45) is 0 Å². The Morgan fingerprint density at radius 1 is 1.19 bits per heavy atom. The molecule has 0 saturated carbocycles. The number of carbonyl (C=O) groups is 2. The summed E-state index contributed by atoms with van der Waals surface area (Å²) in [6.45, 7) is 0.269. The van der Waals surface area contributed by atoms with E-state index in [4.69, 9.17) is 4.74 Å². The fourth-order valence-electron chi connectivity index (χ4n) is 2.28. The zero-order valence-corrected chi connectivity index (χ0v) is 15.7. The molecule has 0 aliphatic carbocycles. The molecule has 3 rings (SSSR count). The fourth-order valence-corrected chi connectivity index (χ4v) is 3.64. The standard InChI is InChI=1S/C18H17N3O3S2/c1-24-15-5-3-2-4-13(15)14-11-26-18(20-14)21-16(22)6-8-19-17(23)12-7-9-25-10-12/h2-5,7,9-11H,6,8H2,1H3,(H,19,23)(H,20,21,22). The number of hydrogen-bond acceptors (Lipinski definition) is 6. The minimum Gasteiger partial charge on any atom is -0.496 e. The number of nitrogens with one attached hydrogen (secondary N) is 2. The van der Waals surface area contributed by atoms with Crippen LogP contribution in [0.25, 0.3) is 11.3 Å². The summed E-state index contributed by atoms with van der Waals surface area (Å²) in [4.78, 5) is 28.3. The second-order valence-corrected chi connectivity index (χ2v) is 6.94. The first kappa shape index (κ1) is 18.1. The van der Waals surface area contributed by atoms with Crippen molar-refractivity contribution in [2.45, 2.75) is 6.42 Å². The topological polar surface area (TPSA) is 80.3 Å². The van der Waals surface area contributed by atoms with E-state index in [-0.39, 0.29) is 24.8 Å². The quantitative estimate of drug-likeness (QED) is 0.649. The van der Waals surface area contributed by atoms with E-state index in [0.717, 1.165) is 17.0 Å². The fraction of sp³-hybridized carbons (Fsp3) is 0.167. The number of methoxy groups -OCH3 is 1. The molecule has 0 bridgehead atoms. The Kier molecular flexibility index (Phi) is 5.98. The van der Waals surface area contributed by atoms with Gasteiger partial charge in [0.15, 0.2) is 5.13 Å². The van der Waals surface area contributed by atoms with E-state index in [1.54, 1.807) is 18.6 Å². The number of aromatic nitrogens is 1. The van der Waals surface area contributed by atoms with Gasteiger partial charge in [-0.15, -0.1) is 11.3 Å². The lowest BCUT2D eigenvalue weighted by molar-refractivity contribution is -0.116. The van der Waals surface area contributed by atoms with Gasteiger partial charge in [-0.3, -0.25) is 9.59 Å². The average Bonchev–Trinajstić information content (AvgIpc) is 3.33. The number of rotatable bonds is 7. The highest BCUT2D eigenvalue weighted by Crippen LogP contribution is 2.31. The lowest BCUT2D eigenvalue weighted by Crippen LogP contribution is -2.27. The maximum absolute atomic E-state index is 12.0. The normalized spacial score (nSPS) is 10.3. The minimum atomic E-state index is -0.198. The molecule has 2 aromatic heterocycles. The number of amides is 2. The van der Waals surface area contributed by atoms with Crippen LogP contribution in [0, 0.1) is 0 Å². The maximum atomic E-state index is 12.0. The Hall–Kier alpha value is -2.71. The van der Waals surface area contributed by atoms with Crippen molar-refractivity contribution in [3.63, 3.8) is 0 Å². The predicted molar refractivity (Wildman–Crippen MR) is 104 cm³/mol. The Bertz CT molecular complexity index is 891. The lowest BCUT2D eigenvalue weighted by atomic mass is 10.1. The van der Waals surface area contributed by atoms with Gasteiger partial charge in [0.2, 0.25) is 5.91 Å². The molecule has 2 heterocycles. The highest BCUT2D eigenvalue weighted by molar-refractivity contribution is 7.14. The molecule has 0 spiro atoms. The average molecular weight is 387 g/mol. The molecule has 26 heavy (non-hydrogen) atoms. The third kappa shape index (κ3) is 4.47. The van der Waals surface area contributed by atoms with Crippen molar-refractivity contribution in [1.29, 1.82) is 0 Å². The van der Waals surface area contributed by atoms with Crippen molar-refractivity contribution in [3.05, 3.63) is 52.0 Å². The van der Waals surface area contributed by atoms with Crippen molar-refractivity contribution < 1.29 is 14.3 Å². The zero-order chi connectivity index (χ0) is 18.4. The summed E-state index contributed by atoms with van der Waals surface area (Å²) in [6, 6.07) is 9.32. The maximum Gasteiger partial charge on any atom is 0.252 e.